The smallest absolute Gasteiger partial charge is 0.316 e. The number of halogens is 2. The van der Waals surface area contributed by atoms with Crippen molar-refractivity contribution in [3.8, 4) is 11.4 Å². The van der Waals surface area contributed by atoms with Gasteiger partial charge in [-0.15, -0.1) is 0 Å². The van der Waals surface area contributed by atoms with Crippen molar-refractivity contribution in [2.75, 3.05) is 44.2 Å². The number of benzene rings is 1. The first-order valence-electron chi connectivity index (χ1n) is 12.1. The van der Waals surface area contributed by atoms with Crippen molar-refractivity contribution in [1.82, 2.24) is 24.1 Å². The van der Waals surface area contributed by atoms with E-state index in [1.165, 1.54) is 4.68 Å². The van der Waals surface area contributed by atoms with Gasteiger partial charge in [-0.3, -0.25) is 4.79 Å². The Labute approximate surface area is 225 Å². The molecule has 0 bridgehead atoms. The van der Waals surface area contributed by atoms with Crippen molar-refractivity contribution < 1.29 is 4.74 Å². The van der Waals surface area contributed by atoms with E-state index in [0.29, 0.717) is 23.1 Å². The number of aromatic nitrogens is 2. The summed E-state index contributed by atoms with van der Waals surface area (Å²) in [5, 5.41) is 8.12. The van der Waals surface area contributed by atoms with E-state index in [0.717, 1.165) is 56.8 Å². The van der Waals surface area contributed by atoms with E-state index < -0.39 is 0 Å². The molecule has 1 saturated carbocycles. The number of dihydropyridines is 1. The van der Waals surface area contributed by atoms with Crippen LogP contribution in [0, 0.1) is 5.41 Å². The van der Waals surface area contributed by atoms with Crippen molar-refractivity contribution in [3.05, 3.63) is 69.8 Å². The molecule has 2 aromatic rings. The standard InChI is InChI=1S/C25H30Cl2N6O2S/c1-25(7-8-25)17-35-23-21(16-29-33(24(23)34)20-4-2-3-19(26)13-20)31-9-11-32(12-10-31)36-30-15-18-5-6-22(27)28-14-18/h2-6,13-14,16,22,28,30H,7-12,15,17H2,1H3. The Morgan fingerprint density at radius 3 is 2.78 bits per heavy atom. The normalized spacial score (nSPS) is 21.1. The Morgan fingerprint density at radius 2 is 2.08 bits per heavy atom. The molecule has 1 aromatic carbocycles. The average molecular weight is 550 g/mol. The minimum atomic E-state index is -0.265. The number of piperazine rings is 1. The molecule has 11 heteroatoms. The summed E-state index contributed by atoms with van der Waals surface area (Å²) in [6.45, 7) is 6.66. The molecule has 1 atom stereocenters. The zero-order valence-corrected chi connectivity index (χ0v) is 22.5. The molecule has 2 N–H and O–H groups in total. The number of hydrogen-bond acceptors (Lipinski definition) is 8. The Balaban J connectivity index is 1.25. The molecule has 3 heterocycles. The van der Waals surface area contributed by atoms with E-state index in [1.54, 1.807) is 30.5 Å². The van der Waals surface area contributed by atoms with Gasteiger partial charge in [-0.25, -0.2) is 9.03 Å². The third kappa shape index (κ3) is 6.20. The molecule has 1 saturated heterocycles. The lowest BCUT2D eigenvalue weighted by molar-refractivity contribution is 0.242. The molecule has 0 radical (unpaired) electrons. The number of alkyl halides is 1. The molecule has 0 amide bonds. The molecular formula is C25H30Cl2N6O2S. The summed E-state index contributed by atoms with van der Waals surface area (Å²) in [4.78, 5) is 15.7. The fraction of sp³-hybridized carbons (Fsp3) is 0.440. The molecule has 192 valence electrons. The molecule has 1 unspecified atom stereocenters. The maximum atomic E-state index is 13.5. The van der Waals surface area contributed by atoms with E-state index in [9.17, 15) is 4.79 Å². The van der Waals surface area contributed by atoms with E-state index in [4.69, 9.17) is 27.9 Å². The number of anilines is 1. The second-order valence-corrected chi connectivity index (χ2v) is 11.5. The molecule has 2 fully saturated rings. The highest BCUT2D eigenvalue weighted by atomic mass is 35.5. The van der Waals surface area contributed by atoms with E-state index in [2.05, 4.69) is 31.3 Å². The Morgan fingerprint density at radius 1 is 1.28 bits per heavy atom. The maximum Gasteiger partial charge on any atom is 0.316 e. The summed E-state index contributed by atoms with van der Waals surface area (Å²) >= 11 is 13.8. The van der Waals surface area contributed by atoms with Crippen LogP contribution in [0.15, 0.2) is 59.2 Å². The second kappa shape index (κ2) is 11.1. The molecule has 2 aliphatic heterocycles. The summed E-state index contributed by atoms with van der Waals surface area (Å²) in [5.41, 5.74) is 2.26. The Bertz CT molecular complexity index is 1210. The predicted molar refractivity (Wildman–Crippen MR) is 147 cm³/mol. The van der Waals surface area contributed by atoms with Gasteiger partial charge in [-0.2, -0.15) is 9.78 Å². The summed E-state index contributed by atoms with van der Waals surface area (Å²) in [7, 11) is 0. The Kier molecular flexibility index (Phi) is 7.83. The van der Waals surface area contributed by atoms with Gasteiger partial charge in [0, 0.05) is 61.5 Å². The van der Waals surface area contributed by atoms with Gasteiger partial charge in [0.2, 0.25) is 5.75 Å². The van der Waals surface area contributed by atoms with E-state index in [-0.39, 0.29) is 16.5 Å². The van der Waals surface area contributed by atoms with Gasteiger partial charge in [0.05, 0.1) is 18.5 Å². The minimum Gasteiger partial charge on any atom is -0.486 e. The van der Waals surface area contributed by atoms with Crippen LogP contribution in [-0.4, -0.2) is 58.9 Å². The maximum absolute atomic E-state index is 13.5. The van der Waals surface area contributed by atoms with Crippen LogP contribution < -0.4 is 25.2 Å². The van der Waals surface area contributed by atoms with Crippen molar-refractivity contribution in [2.24, 2.45) is 5.41 Å². The zero-order chi connectivity index (χ0) is 25.1. The number of nitrogens with one attached hydrogen (secondary N) is 2. The van der Waals surface area contributed by atoms with Crippen LogP contribution in [0.2, 0.25) is 5.02 Å². The molecule has 36 heavy (non-hydrogen) atoms. The van der Waals surface area contributed by atoms with Gasteiger partial charge < -0.3 is 15.0 Å². The number of ether oxygens (including phenoxy) is 1. The van der Waals surface area contributed by atoms with Gasteiger partial charge in [0.1, 0.15) is 11.2 Å². The van der Waals surface area contributed by atoms with Gasteiger partial charge in [0.15, 0.2) is 0 Å². The predicted octanol–water partition coefficient (Wildman–Crippen LogP) is 3.95. The Hall–Kier alpha value is -2.17. The van der Waals surface area contributed by atoms with Crippen LogP contribution in [0.25, 0.3) is 5.69 Å². The number of rotatable bonds is 9. The van der Waals surface area contributed by atoms with Crippen LogP contribution in [0.4, 0.5) is 5.69 Å². The van der Waals surface area contributed by atoms with Gasteiger partial charge in [-0.05, 0) is 42.7 Å². The third-order valence-corrected chi connectivity index (χ3v) is 8.00. The largest absolute Gasteiger partial charge is 0.486 e. The van der Waals surface area contributed by atoms with Crippen LogP contribution >= 0.6 is 35.3 Å². The number of nitrogens with zero attached hydrogens (tertiary/aromatic N) is 4. The highest BCUT2D eigenvalue weighted by molar-refractivity contribution is 7.95. The summed E-state index contributed by atoms with van der Waals surface area (Å²) in [5.74, 6) is 0.360. The van der Waals surface area contributed by atoms with Gasteiger partial charge in [0.25, 0.3) is 0 Å². The molecule has 1 aliphatic carbocycles. The monoisotopic (exact) mass is 548 g/mol. The lowest BCUT2D eigenvalue weighted by Crippen LogP contribution is -2.45. The molecule has 3 aliphatic rings. The second-order valence-electron chi connectivity index (χ2n) is 9.63. The van der Waals surface area contributed by atoms with E-state index >= 15 is 0 Å². The molecule has 1 aromatic heterocycles. The first-order valence-corrected chi connectivity index (χ1v) is 13.7. The summed E-state index contributed by atoms with van der Waals surface area (Å²) in [6, 6.07) is 7.13. The highest BCUT2D eigenvalue weighted by Crippen LogP contribution is 2.45. The fourth-order valence-corrected chi connectivity index (χ4v) is 5.10. The average Bonchev–Trinajstić information content (AvgIpc) is 3.62. The van der Waals surface area contributed by atoms with Gasteiger partial charge >= 0.3 is 5.56 Å². The lowest BCUT2D eigenvalue weighted by Gasteiger charge is -2.35. The number of hydrogen-bond donors (Lipinski definition) is 2. The van der Waals surface area contributed by atoms with E-state index in [1.807, 2.05) is 30.5 Å². The van der Waals surface area contributed by atoms with Crippen LogP contribution in [0.5, 0.6) is 5.75 Å². The zero-order valence-electron chi connectivity index (χ0n) is 20.1. The quantitative estimate of drug-likeness (QED) is 0.277. The first kappa shape index (κ1) is 25.5. The van der Waals surface area contributed by atoms with Crippen LogP contribution in [0.3, 0.4) is 0 Å². The first-order chi connectivity index (χ1) is 17.4. The van der Waals surface area contributed by atoms with Gasteiger partial charge in [-0.1, -0.05) is 42.3 Å². The lowest BCUT2D eigenvalue weighted by atomic mass is 10.2. The summed E-state index contributed by atoms with van der Waals surface area (Å²) in [6.07, 6.45) is 9.88. The third-order valence-electron chi connectivity index (χ3n) is 6.59. The molecule has 5 rings (SSSR count). The molecular weight excluding hydrogens is 519 g/mol. The van der Waals surface area contributed by atoms with Crippen molar-refractivity contribution in [3.63, 3.8) is 0 Å². The molecule has 0 spiro atoms. The van der Waals surface area contributed by atoms with Crippen molar-refractivity contribution in [1.29, 1.82) is 0 Å². The van der Waals surface area contributed by atoms with Crippen molar-refractivity contribution >= 4 is 41.0 Å². The summed E-state index contributed by atoms with van der Waals surface area (Å²) < 4.78 is 13.3. The SMILES string of the molecule is CC1(COc2c(N3CCN(SNCC4=CNC(Cl)C=C4)CC3)cnn(-c3cccc(Cl)c3)c2=O)CC1. The minimum absolute atomic E-state index is 0.141. The highest BCUT2D eigenvalue weighted by Gasteiger charge is 2.39. The van der Waals surface area contributed by atoms with Crippen LogP contribution in [0.1, 0.15) is 19.8 Å². The molecule has 8 nitrogen and oxygen atoms in total. The topological polar surface area (TPSA) is 74.7 Å². The fourth-order valence-electron chi connectivity index (χ4n) is 4.02. The van der Waals surface area contributed by atoms with Crippen molar-refractivity contribution in [2.45, 2.75) is 25.3 Å². The van der Waals surface area contributed by atoms with Crippen LogP contribution in [-0.2, 0) is 0 Å².